The summed E-state index contributed by atoms with van der Waals surface area (Å²) in [7, 11) is 1.52. The average molecular weight is 240 g/mol. The maximum Gasteiger partial charge on any atom is 0.293 e. The van der Waals surface area contributed by atoms with E-state index in [4.69, 9.17) is 0 Å². The van der Waals surface area contributed by atoms with E-state index in [1.165, 1.54) is 7.05 Å². The number of carbonyl (C=O) groups excluding carboxylic acids is 2. The largest absolute Gasteiger partial charge is 0.357 e. The Labute approximate surface area is 98.5 Å². The van der Waals surface area contributed by atoms with E-state index in [9.17, 15) is 9.59 Å². The summed E-state index contributed by atoms with van der Waals surface area (Å²) in [5.74, 6) is -0.561. The van der Waals surface area contributed by atoms with Gasteiger partial charge < -0.3 is 10.6 Å². The molecule has 8 heteroatoms. The molecule has 0 aliphatic rings. The highest BCUT2D eigenvalue weighted by atomic mass is 16.2. The summed E-state index contributed by atoms with van der Waals surface area (Å²) in [6, 6.07) is -0.592. The predicted octanol–water partition coefficient (Wildman–Crippen LogP) is -0.910. The Morgan fingerprint density at radius 1 is 1.41 bits per heavy atom. The van der Waals surface area contributed by atoms with Crippen molar-refractivity contribution in [3.63, 3.8) is 0 Å². The zero-order valence-electron chi connectivity index (χ0n) is 10.0. The predicted molar refractivity (Wildman–Crippen MR) is 59.0 cm³/mol. The number of aromatic amines is 1. The van der Waals surface area contributed by atoms with Gasteiger partial charge in [-0.05, 0) is 17.6 Å². The Hall–Kier alpha value is -1.99. The van der Waals surface area contributed by atoms with Crippen LogP contribution >= 0.6 is 0 Å². The molecule has 3 N–H and O–H groups in total. The van der Waals surface area contributed by atoms with Crippen molar-refractivity contribution in [1.82, 2.24) is 31.3 Å². The Morgan fingerprint density at radius 2 is 2.12 bits per heavy atom. The molecular weight excluding hydrogens is 224 g/mol. The third-order valence-corrected chi connectivity index (χ3v) is 2.12. The number of H-pyrrole nitrogens is 1. The van der Waals surface area contributed by atoms with Gasteiger partial charge >= 0.3 is 0 Å². The number of nitrogens with zero attached hydrogens (tertiary/aromatic N) is 3. The molecule has 0 spiro atoms. The molecule has 94 valence electrons. The topological polar surface area (TPSA) is 113 Å². The van der Waals surface area contributed by atoms with Crippen LogP contribution < -0.4 is 10.6 Å². The van der Waals surface area contributed by atoms with Crippen LogP contribution in [-0.4, -0.2) is 45.5 Å². The van der Waals surface area contributed by atoms with Crippen molar-refractivity contribution in [2.75, 3.05) is 7.05 Å². The fourth-order valence-corrected chi connectivity index (χ4v) is 1.36. The van der Waals surface area contributed by atoms with Crippen molar-refractivity contribution in [1.29, 1.82) is 0 Å². The minimum atomic E-state index is -0.592. The van der Waals surface area contributed by atoms with Crippen LogP contribution in [0.5, 0.6) is 0 Å². The first kappa shape index (κ1) is 13.1. The number of nitrogens with one attached hydrogen (secondary N) is 3. The van der Waals surface area contributed by atoms with Crippen LogP contribution in [0.1, 0.15) is 30.9 Å². The van der Waals surface area contributed by atoms with Crippen LogP contribution in [0.3, 0.4) is 0 Å². The maximum atomic E-state index is 11.6. The minimum absolute atomic E-state index is 0.0809. The fourth-order valence-electron chi connectivity index (χ4n) is 1.36. The van der Waals surface area contributed by atoms with Gasteiger partial charge in [0.05, 0.1) is 0 Å². The molecule has 17 heavy (non-hydrogen) atoms. The molecule has 1 aromatic heterocycles. The Balaban J connectivity index is 2.66. The molecule has 0 radical (unpaired) electrons. The highest BCUT2D eigenvalue weighted by molar-refractivity contribution is 5.94. The van der Waals surface area contributed by atoms with Gasteiger partial charge in [0.2, 0.25) is 5.91 Å². The third kappa shape index (κ3) is 3.82. The molecule has 0 saturated heterocycles. The van der Waals surface area contributed by atoms with Gasteiger partial charge in [-0.15, -0.1) is 10.2 Å². The van der Waals surface area contributed by atoms with E-state index >= 15 is 0 Å². The van der Waals surface area contributed by atoms with E-state index in [0.717, 1.165) is 0 Å². The first-order valence-electron chi connectivity index (χ1n) is 5.30. The summed E-state index contributed by atoms with van der Waals surface area (Å²) >= 11 is 0. The summed E-state index contributed by atoms with van der Waals surface area (Å²) in [5, 5.41) is 17.6. The molecule has 0 fully saturated rings. The normalized spacial score (nSPS) is 12.2. The van der Waals surface area contributed by atoms with E-state index in [0.29, 0.717) is 6.42 Å². The van der Waals surface area contributed by atoms with Crippen LogP contribution in [-0.2, 0) is 4.79 Å². The summed E-state index contributed by atoms with van der Waals surface area (Å²) in [6.45, 7) is 3.94. The second kappa shape index (κ2) is 5.92. The molecule has 8 nitrogen and oxygen atoms in total. The van der Waals surface area contributed by atoms with Crippen LogP contribution in [0.25, 0.3) is 0 Å². The number of aromatic nitrogens is 4. The van der Waals surface area contributed by atoms with Crippen LogP contribution in [0.15, 0.2) is 0 Å². The van der Waals surface area contributed by atoms with Crippen molar-refractivity contribution in [3.8, 4) is 0 Å². The van der Waals surface area contributed by atoms with Crippen LogP contribution in [0, 0.1) is 5.92 Å². The second-order valence-electron chi connectivity index (χ2n) is 4.01. The SMILES string of the molecule is CNC(=O)C(CC(C)C)NC(=O)c1nn[nH]n1. The summed E-state index contributed by atoms with van der Waals surface area (Å²) in [4.78, 5) is 23.2. The lowest BCUT2D eigenvalue weighted by Crippen LogP contribution is -2.46. The van der Waals surface area contributed by atoms with E-state index in [-0.39, 0.29) is 17.6 Å². The zero-order chi connectivity index (χ0) is 12.8. The first-order chi connectivity index (χ1) is 8.04. The quantitative estimate of drug-likeness (QED) is 0.616. The van der Waals surface area contributed by atoms with Crippen molar-refractivity contribution >= 4 is 11.8 Å². The molecular formula is C9H16N6O2. The summed E-state index contributed by atoms with van der Waals surface area (Å²) in [5.41, 5.74) is 0. The monoisotopic (exact) mass is 240 g/mol. The third-order valence-electron chi connectivity index (χ3n) is 2.12. The highest BCUT2D eigenvalue weighted by Crippen LogP contribution is 2.05. The van der Waals surface area contributed by atoms with Gasteiger partial charge in [-0.3, -0.25) is 9.59 Å². The lowest BCUT2D eigenvalue weighted by Gasteiger charge is -2.18. The van der Waals surface area contributed by atoms with E-state index in [1.807, 2.05) is 13.8 Å². The number of carbonyl (C=O) groups is 2. The van der Waals surface area contributed by atoms with Gasteiger partial charge in [-0.25, -0.2) is 0 Å². The minimum Gasteiger partial charge on any atom is -0.357 e. The lowest BCUT2D eigenvalue weighted by atomic mass is 10.0. The second-order valence-corrected chi connectivity index (χ2v) is 4.01. The molecule has 1 atom stereocenters. The average Bonchev–Trinajstić information content (AvgIpc) is 2.79. The zero-order valence-corrected chi connectivity index (χ0v) is 10.0. The standard InChI is InChI=1S/C9H16N6O2/c1-5(2)4-6(8(16)10-3)11-9(17)7-12-14-15-13-7/h5-6H,4H2,1-3H3,(H,10,16)(H,11,17)(H,12,13,14,15). The van der Waals surface area contributed by atoms with Gasteiger partial charge in [0.15, 0.2) is 0 Å². The van der Waals surface area contributed by atoms with E-state index in [2.05, 4.69) is 31.3 Å². The Bertz CT molecular complexity index is 375. The Kier molecular flexibility index (Phi) is 4.56. The fraction of sp³-hybridized carbons (Fsp3) is 0.667. The highest BCUT2D eigenvalue weighted by Gasteiger charge is 2.23. The number of likely N-dealkylation sites (N-methyl/N-ethyl adjacent to an activating group) is 1. The molecule has 2 amide bonds. The van der Waals surface area contributed by atoms with E-state index in [1.54, 1.807) is 0 Å². The molecule has 1 rings (SSSR count). The van der Waals surface area contributed by atoms with Gasteiger partial charge in [0, 0.05) is 7.05 Å². The van der Waals surface area contributed by atoms with Crippen molar-refractivity contribution < 1.29 is 9.59 Å². The van der Waals surface area contributed by atoms with Gasteiger partial charge in [0.1, 0.15) is 6.04 Å². The Morgan fingerprint density at radius 3 is 2.59 bits per heavy atom. The molecule has 0 bridgehead atoms. The number of hydrogen-bond acceptors (Lipinski definition) is 5. The summed E-state index contributed by atoms with van der Waals surface area (Å²) < 4.78 is 0. The van der Waals surface area contributed by atoms with Crippen LogP contribution in [0.2, 0.25) is 0 Å². The van der Waals surface area contributed by atoms with Crippen molar-refractivity contribution in [2.45, 2.75) is 26.3 Å². The lowest BCUT2D eigenvalue weighted by molar-refractivity contribution is -0.122. The van der Waals surface area contributed by atoms with Gasteiger partial charge in [0.25, 0.3) is 11.7 Å². The number of tetrazole rings is 1. The van der Waals surface area contributed by atoms with Crippen LogP contribution in [0.4, 0.5) is 0 Å². The molecule has 1 heterocycles. The van der Waals surface area contributed by atoms with E-state index < -0.39 is 11.9 Å². The summed E-state index contributed by atoms with van der Waals surface area (Å²) in [6.07, 6.45) is 0.545. The number of amides is 2. The smallest absolute Gasteiger partial charge is 0.293 e. The molecule has 0 saturated carbocycles. The first-order valence-corrected chi connectivity index (χ1v) is 5.30. The molecule has 0 aliphatic heterocycles. The molecule has 1 aromatic rings. The number of hydrogen-bond donors (Lipinski definition) is 3. The molecule has 1 unspecified atom stereocenters. The number of rotatable bonds is 5. The maximum absolute atomic E-state index is 11.6. The van der Waals surface area contributed by atoms with Gasteiger partial charge in [-0.1, -0.05) is 13.8 Å². The van der Waals surface area contributed by atoms with Gasteiger partial charge in [-0.2, -0.15) is 5.21 Å². The van der Waals surface area contributed by atoms with Crippen molar-refractivity contribution in [2.24, 2.45) is 5.92 Å². The van der Waals surface area contributed by atoms with Crippen molar-refractivity contribution in [3.05, 3.63) is 5.82 Å². The molecule has 0 aromatic carbocycles. The molecule has 0 aliphatic carbocycles.